The fraction of sp³-hybridized carbons (Fsp3) is 0.350. The van der Waals surface area contributed by atoms with Crippen LogP contribution in [-0.2, 0) is 4.79 Å². The van der Waals surface area contributed by atoms with Crippen LogP contribution in [0.5, 0.6) is 5.75 Å². The summed E-state index contributed by atoms with van der Waals surface area (Å²) < 4.78 is 5.64. The van der Waals surface area contributed by atoms with Crippen LogP contribution in [0.2, 0.25) is 5.02 Å². The average molecular weight is 359 g/mol. The largest absolute Gasteiger partial charge is 0.481 e. The standard InChI is InChI=1S/C20H23ClN2O2/c1-15(25-19-11-5-16(21)6-12-19)20(24)22-17-7-9-18(10-8-17)23-13-3-2-4-14-23/h5-12,15H,2-4,13-14H2,1H3,(H,22,24)/t15-/m1/s1. The highest BCUT2D eigenvalue weighted by atomic mass is 35.5. The van der Waals surface area contributed by atoms with Crippen LogP contribution in [0.1, 0.15) is 26.2 Å². The number of halogens is 1. The Balaban J connectivity index is 1.55. The summed E-state index contributed by atoms with van der Waals surface area (Å²) in [4.78, 5) is 14.7. The number of hydrogen-bond donors (Lipinski definition) is 1. The molecule has 2 aromatic carbocycles. The van der Waals surface area contributed by atoms with E-state index in [4.69, 9.17) is 16.3 Å². The van der Waals surface area contributed by atoms with Gasteiger partial charge in [-0.05, 0) is 74.7 Å². The highest BCUT2D eigenvalue weighted by molar-refractivity contribution is 6.30. The number of anilines is 2. The van der Waals surface area contributed by atoms with E-state index in [1.54, 1.807) is 31.2 Å². The molecule has 1 saturated heterocycles. The molecular formula is C20H23ClN2O2. The Hall–Kier alpha value is -2.20. The van der Waals surface area contributed by atoms with E-state index in [9.17, 15) is 4.79 Å². The topological polar surface area (TPSA) is 41.6 Å². The lowest BCUT2D eigenvalue weighted by atomic mass is 10.1. The molecule has 1 aliphatic rings. The van der Waals surface area contributed by atoms with Gasteiger partial charge in [0.2, 0.25) is 0 Å². The van der Waals surface area contributed by atoms with Crippen molar-refractivity contribution < 1.29 is 9.53 Å². The maximum Gasteiger partial charge on any atom is 0.265 e. The molecule has 1 amide bonds. The second-order valence-corrected chi connectivity index (χ2v) is 6.73. The number of amides is 1. The van der Waals surface area contributed by atoms with Gasteiger partial charge in [-0.2, -0.15) is 0 Å². The fourth-order valence-corrected chi connectivity index (χ4v) is 3.05. The number of ether oxygens (including phenoxy) is 1. The zero-order valence-electron chi connectivity index (χ0n) is 14.4. The van der Waals surface area contributed by atoms with Crippen LogP contribution in [0.15, 0.2) is 48.5 Å². The van der Waals surface area contributed by atoms with E-state index in [-0.39, 0.29) is 5.91 Å². The number of piperidine rings is 1. The monoisotopic (exact) mass is 358 g/mol. The van der Waals surface area contributed by atoms with Gasteiger partial charge in [0.25, 0.3) is 5.91 Å². The highest BCUT2D eigenvalue weighted by Crippen LogP contribution is 2.22. The van der Waals surface area contributed by atoms with Crippen molar-refractivity contribution in [3.63, 3.8) is 0 Å². The van der Waals surface area contributed by atoms with Crippen LogP contribution >= 0.6 is 11.6 Å². The van der Waals surface area contributed by atoms with Crippen LogP contribution in [0.25, 0.3) is 0 Å². The number of carbonyl (C=O) groups excluding carboxylic acids is 1. The quantitative estimate of drug-likeness (QED) is 0.839. The Labute approximate surface area is 153 Å². The van der Waals surface area contributed by atoms with Crippen molar-refractivity contribution in [1.29, 1.82) is 0 Å². The molecule has 25 heavy (non-hydrogen) atoms. The smallest absolute Gasteiger partial charge is 0.265 e. The molecular weight excluding hydrogens is 336 g/mol. The molecule has 0 aliphatic carbocycles. The van der Waals surface area contributed by atoms with E-state index < -0.39 is 6.10 Å². The molecule has 1 fully saturated rings. The number of carbonyl (C=O) groups is 1. The highest BCUT2D eigenvalue weighted by Gasteiger charge is 2.15. The van der Waals surface area contributed by atoms with Gasteiger partial charge in [0, 0.05) is 29.5 Å². The van der Waals surface area contributed by atoms with Gasteiger partial charge < -0.3 is 15.0 Å². The number of hydrogen-bond acceptors (Lipinski definition) is 3. The Morgan fingerprint density at radius 3 is 2.32 bits per heavy atom. The van der Waals surface area contributed by atoms with Crippen LogP contribution in [0, 0.1) is 0 Å². The average Bonchev–Trinajstić information content (AvgIpc) is 2.65. The van der Waals surface area contributed by atoms with Gasteiger partial charge in [-0.15, -0.1) is 0 Å². The summed E-state index contributed by atoms with van der Waals surface area (Å²) in [6, 6.07) is 15.0. The van der Waals surface area contributed by atoms with E-state index in [0.29, 0.717) is 10.8 Å². The van der Waals surface area contributed by atoms with Gasteiger partial charge in [-0.25, -0.2) is 0 Å². The molecule has 0 radical (unpaired) electrons. The zero-order chi connectivity index (χ0) is 17.6. The summed E-state index contributed by atoms with van der Waals surface area (Å²) in [6.07, 6.45) is 3.22. The van der Waals surface area contributed by atoms with Crippen molar-refractivity contribution in [2.75, 3.05) is 23.3 Å². The van der Waals surface area contributed by atoms with Crippen LogP contribution in [-0.4, -0.2) is 25.1 Å². The Morgan fingerprint density at radius 2 is 1.68 bits per heavy atom. The van der Waals surface area contributed by atoms with Gasteiger partial charge in [-0.1, -0.05) is 11.6 Å². The Bertz CT molecular complexity index is 695. The summed E-state index contributed by atoms with van der Waals surface area (Å²) >= 11 is 5.85. The molecule has 5 heteroatoms. The van der Waals surface area contributed by atoms with E-state index >= 15 is 0 Å². The third kappa shape index (κ3) is 4.89. The second kappa shape index (κ2) is 8.26. The fourth-order valence-electron chi connectivity index (χ4n) is 2.92. The predicted octanol–water partition coefficient (Wildman–Crippen LogP) is 4.74. The van der Waals surface area contributed by atoms with Crippen LogP contribution in [0.4, 0.5) is 11.4 Å². The number of benzene rings is 2. The molecule has 3 rings (SSSR count). The van der Waals surface area contributed by atoms with Crippen molar-refractivity contribution in [3.05, 3.63) is 53.6 Å². The van der Waals surface area contributed by atoms with Gasteiger partial charge in [0.1, 0.15) is 5.75 Å². The number of rotatable bonds is 5. The predicted molar refractivity (Wildman–Crippen MR) is 103 cm³/mol. The summed E-state index contributed by atoms with van der Waals surface area (Å²) in [5, 5.41) is 3.53. The van der Waals surface area contributed by atoms with Crippen molar-refractivity contribution in [3.8, 4) is 5.75 Å². The molecule has 4 nitrogen and oxygen atoms in total. The lowest BCUT2D eigenvalue weighted by Crippen LogP contribution is -2.30. The lowest BCUT2D eigenvalue weighted by molar-refractivity contribution is -0.122. The molecule has 0 bridgehead atoms. The van der Waals surface area contributed by atoms with Crippen molar-refractivity contribution in [1.82, 2.24) is 0 Å². The summed E-state index contributed by atoms with van der Waals surface area (Å²) in [7, 11) is 0. The van der Waals surface area contributed by atoms with Crippen molar-refractivity contribution in [2.45, 2.75) is 32.3 Å². The first-order chi connectivity index (χ1) is 12.1. The maximum absolute atomic E-state index is 12.3. The number of nitrogens with one attached hydrogen (secondary N) is 1. The first-order valence-corrected chi connectivity index (χ1v) is 9.08. The van der Waals surface area contributed by atoms with Gasteiger partial charge in [0.05, 0.1) is 0 Å². The third-order valence-electron chi connectivity index (χ3n) is 4.35. The molecule has 0 unspecified atom stereocenters. The lowest BCUT2D eigenvalue weighted by Gasteiger charge is -2.28. The minimum atomic E-state index is -0.594. The number of nitrogens with zero attached hydrogens (tertiary/aromatic N) is 1. The summed E-state index contributed by atoms with van der Waals surface area (Å²) in [5.74, 6) is 0.438. The molecule has 1 atom stereocenters. The zero-order valence-corrected chi connectivity index (χ0v) is 15.1. The molecule has 0 saturated carbocycles. The van der Waals surface area contributed by atoms with Crippen molar-refractivity contribution in [2.24, 2.45) is 0 Å². The van der Waals surface area contributed by atoms with E-state index in [1.165, 1.54) is 24.9 Å². The van der Waals surface area contributed by atoms with Crippen molar-refractivity contribution >= 4 is 28.9 Å². The molecule has 1 N–H and O–H groups in total. The second-order valence-electron chi connectivity index (χ2n) is 6.30. The minimum Gasteiger partial charge on any atom is -0.481 e. The molecule has 132 valence electrons. The van der Waals surface area contributed by atoms with E-state index in [1.807, 2.05) is 12.1 Å². The molecule has 0 spiro atoms. The normalized spacial score (nSPS) is 15.5. The summed E-state index contributed by atoms with van der Waals surface area (Å²) in [6.45, 7) is 3.95. The minimum absolute atomic E-state index is 0.180. The first-order valence-electron chi connectivity index (χ1n) is 8.70. The Kier molecular flexibility index (Phi) is 5.82. The van der Waals surface area contributed by atoms with E-state index in [0.717, 1.165) is 18.8 Å². The van der Waals surface area contributed by atoms with Crippen LogP contribution in [0.3, 0.4) is 0 Å². The molecule has 0 aromatic heterocycles. The SMILES string of the molecule is C[C@@H](Oc1ccc(Cl)cc1)C(=O)Nc1ccc(N2CCCCC2)cc1. The maximum atomic E-state index is 12.3. The molecule has 2 aromatic rings. The van der Waals surface area contributed by atoms with Gasteiger partial charge in [0.15, 0.2) is 6.10 Å². The Morgan fingerprint density at radius 1 is 1.04 bits per heavy atom. The molecule has 1 heterocycles. The van der Waals surface area contributed by atoms with E-state index in [2.05, 4.69) is 22.3 Å². The first kappa shape index (κ1) is 17.6. The third-order valence-corrected chi connectivity index (χ3v) is 4.60. The summed E-state index contributed by atoms with van der Waals surface area (Å²) in [5.41, 5.74) is 1.99. The van der Waals surface area contributed by atoms with Gasteiger partial charge >= 0.3 is 0 Å². The van der Waals surface area contributed by atoms with Gasteiger partial charge in [-0.3, -0.25) is 4.79 Å². The van der Waals surface area contributed by atoms with Crippen LogP contribution < -0.4 is 15.0 Å². The molecule has 1 aliphatic heterocycles.